The van der Waals surface area contributed by atoms with Gasteiger partial charge < -0.3 is 0 Å². The van der Waals surface area contributed by atoms with Gasteiger partial charge in [0.25, 0.3) is 0 Å². The van der Waals surface area contributed by atoms with E-state index in [1.165, 1.54) is 50.5 Å². The largest absolute Gasteiger partial charge is 0.207 e. The van der Waals surface area contributed by atoms with Crippen molar-refractivity contribution in [3.8, 4) is 0 Å². The lowest BCUT2D eigenvalue weighted by Crippen LogP contribution is -1.87. The molecule has 0 fully saturated rings. The van der Waals surface area contributed by atoms with Gasteiger partial charge in [-0.3, -0.25) is 0 Å². The van der Waals surface area contributed by atoms with Crippen LogP contribution in [0.15, 0.2) is 24.3 Å². The Hall–Kier alpha value is -0.850. The van der Waals surface area contributed by atoms with Crippen LogP contribution in [0.3, 0.4) is 0 Å². The van der Waals surface area contributed by atoms with Crippen molar-refractivity contribution in [1.29, 1.82) is 0 Å². The Bertz CT molecular complexity index is 276. The normalized spacial score (nSPS) is 10.7. The van der Waals surface area contributed by atoms with E-state index >= 15 is 0 Å². The van der Waals surface area contributed by atoms with Gasteiger partial charge in [0, 0.05) is 0 Å². The number of benzene rings is 1. The van der Waals surface area contributed by atoms with E-state index in [0.29, 0.717) is 0 Å². The first-order chi connectivity index (χ1) is 8.33. The second kappa shape index (κ2) is 9.21. The molecule has 0 nitrogen and oxygen atoms in total. The lowest BCUT2D eigenvalue weighted by Gasteiger charge is -2.02. The molecular formula is C16H24F. The van der Waals surface area contributed by atoms with Crippen LogP contribution in [0.5, 0.6) is 0 Å². The Morgan fingerprint density at radius 1 is 0.765 bits per heavy atom. The van der Waals surface area contributed by atoms with Crippen molar-refractivity contribution in [3.05, 3.63) is 42.6 Å². The van der Waals surface area contributed by atoms with Crippen molar-refractivity contribution < 1.29 is 4.39 Å². The number of unbranched alkanes of at least 4 members (excludes halogenated alkanes) is 7. The van der Waals surface area contributed by atoms with Gasteiger partial charge in [0.2, 0.25) is 0 Å². The molecule has 0 aliphatic heterocycles. The summed E-state index contributed by atoms with van der Waals surface area (Å²) in [6.07, 6.45) is 11.3. The van der Waals surface area contributed by atoms with Gasteiger partial charge in [-0.1, -0.05) is 64.0 Å². The summed E-state index contributed by atoms with van der Waals surface area (Å²) in [4.78, 5) is 0. The topological polar surface area (TPSA) is 0 Å². The van der Waals surface area contributed by atoms with Crippen molar-refractivity contribution in [3.63, 3.8) is 0 Å². The predicted molar refractivity (Wildman–Crippen MR) is 72.4 cm³/mol. The maximum atomic E-state index is 12.7. The highest BCUT2D eigenvalue weighted by Crippen LogP contribution is 2.11. The van der Waals surface area contributed by atoms with Gasteiger partial charge in [-0.05, 0) is 30.5 Å². The number of hydrogen-bond acceptors (Lipinski definition) is 0. The average Bonchev–Trinajstić information content (AvgIpc) is 2.35. The van der Waals surface area contributed by atoms with Crippen LogP contribution in [0, 0.1) is 12.7 Å². The summed E-state index contributed by atoms with van der Waals surface area (Å²) in [5.74, 6) is -0.140. The van der Waals surface area contributed by atoms with Crippen LogP contribution >= 0.6 is 0 Å². The molecule has 0 saturated heterocycles. The third kappa shape index (κ3) is 7.14. The van der Waals surface area contributed by atoms with Crippen molar-refractivity contribution in [2.24, 2.45) is 0 Å². The van der Waals surface area contributed by atoms with E-state index in [1.807, 2.05) is 12.1 Å². The molecule has 1 aromatic carbocycles. The van der Waals surface area contributed by atoms with Crippen LogP contribution in [-0.4, -0.2) is 0 Å². The number of halogens is 1. The smallest absolute Gasteiger partial charge is 0.123 e. The van der Waals surface area contributed by atoms with Gasteiger partial charge in [0.05, 0.1) is 0 Å². The van der Waals surface area contributed by atoms with Gasteiger partial charge in [-0.2, -0.15) is 0 Å². The first-order valence-electron chi connectivity index (χ1n) is 6.86. The highest BCUT2D eigenvalue weighted by atomic mass is 19.1. The van der Waals surface area contributed by atoms with Crippen LogP contribution in [0.2, 0.25) is 0 Å². The number of rotatable bonds is 9. The van der Waals surface area contributed by atoms with E-state index in [9.17, 15) is 4.39 Å². The fraction of sp³-hybridized carbons (Fsp3) is 0.562. The molecule has 0 aliphatic carbocycles. The highest BCUT2D eigenvalue weighted by Gasteiger charge is 1.95. The van der Waals surface area contributed by atoms with E-state index in [-0.39, 0.29) is 5.82 Å². The standard InChI is InChI=1S/C16H24F/c1-2-3-4-5-6-7-8-9-10-15-11-13-16(17)14-12-15/h11-14H,1-10H2. The molecule has 0 aromatic heterocycles. The van der Waals surface area contributed by atoms with Crippen molar-refractivity contribution >= 4 is 0 Å². The SMILES string of the molecule is [CH2]CCCCCCCCCc1ccc(F)cc1. The monoisotopic (exact) mass is 235 g/mol. The predicted octanol–water partition coefficient (Wildman–Crippen LogP) is 5.32. The molecule has 0 saturated carbocycles. The maximum absolute atomic E-state index is 12.7. The van der Waals surface area contributed by atoms with Crippen LogP contribution in [0.25, 0.3) is 0 Å². The van der Waals surface area contributed by atoms with Crippen molar-refractivity contribution in [2.75, 3.05) is 0 Å². The van der Waals surface area contributed by atoms with E-state index in [2.05, 4.69) is 6.92 Å². The molecule has 0 N–H and O–H groups in total. The Morgan fingerprint density at radius 3 is 1.88 bits per heavy atom. The summed E-state index contributed by atoms with van der Waals surface area (Å²) in [6, 6.07) is 6.88. The van der Waals surface area contributed by atoms with Gasteiger partial charge in [-0.25, -0.2) is 4.39 Å². The number of aryl methyl sites for hydroxylation is 1. The lowest BCUT2D eigenvalue weighted by atomic mass is 10.0. The molecule has 95 valence electrons. The van der Waals surface area contributed by atoms with E-state index < -0.39 is 0 Å². The maximum Gasteiger partial charge on any atom is 0.123 e. The molecule has 0 heterocycles. The third-order valence-electron chi connectivity index (χ3n) is 3.13. The summed E-state index contributed by atoms with van der Waals surface area (Å²) in [5, 5.41) is 0. The quantitative estimate of drug-likeness (QED) is 0.508. The molecule has 0 aliphatic rings. The zero-order chi connectivity index (χ0) is 12.3. The Labute approximate surface area is 105 Å². The zero-order valence-corrected chi connectivity index (χ0v) is 10.8. The first-order valence-corrected chi connectivity index (χ1v) is 6.86. The second-order valence-electron chi connectivity index (χ2n) is 4.70. The minimum Gasteiger partial charge on any atom is -0.207 e. The zero-order valence-electron chi connectivity index (χ0n) is 10.8. The van der Waals surface area contributed by atoms with E-state index in [4.69, 9.17) is 0 Å². The Morgan fingerprint density at radius 2 is 1.29 bits per heavy atom. The summed E-state index contributed by atoms with van der Waals surface area (Å²) >= 11 is 0. The van der Waals surface area contributed by atoms with Crippen molar-refractivity contribution in [2.45, 2.75) is 57.8 Å². The summed E-state index contributed by atoms with van der Waals surface area (Å²) in [7, 11) is 0. The molecule has 1 aromatic rings. The average molecular weight is 235 g/mol. The summed E-state index contributed by atoms with van der Waals surface area (Å²) in [5.41, 5.74) is 1.25. The molecule has 17 heavy (non-hydrogen) atoms. The molecule has 0 bridgehead atoms. The van der Waals surface area contributed by atoms with Crippen LogP contribution < -0.4 is 0 Å². The third-order valence-corrected chi connectivity index (χ3v) is 3.13. The highest BCUT2D eigenvalue weighted by molar-refractivity contribution is 5.15. The summed E-state index contributed by atoms with van der Waals surface area (Å²) in [6.45, 7) is 3.85. The second-order valence-corrected chi connectivity index (χ2v) is 4.70. The minimum atomic E-state index is -0.140. The van der Waals surface area contributed by atoms with Gasteiger partial charge >= 0.3 is 0 Å². The molecule has 1 heteroatoms. The van der Waals surface area contributed by atoms with Gasteiger partial charge in [-0.15, -0.1) is 0 Å². The van der Waals surface area contributed by atoms with Crippen LogP contribution in [-0.2, 0) is 6.42 Å². The van der Waals surface area contributed by atoms with Crippen LogP contribution in [0.1, 0.15) is 56.9 Å². The fourth-order valence-electron chi connectivity index (χ4n) is 2.04. The Balaban J connectivity index is 1.95. The first kappa shape index (κ1) is 14.2. The minimum absolute atomic E-state index is 0.140. The molecule has 1 radical (unpaired) electrons. The number of hydrogen-bond donors (Lipinski definition) is 0. The summed E-state index contributed by atoms with van der Waals surface area (Å²) < 4.78 is 12.7. The lowest BCUT2D eigenvalue weighted by molar-refractivity contribution is 0.580. The van der Waals surface area contributed by atoms with Gasteiger partial charge in [0.15, 0.2) is 0 Å². The van der Waals surface area contributed by atoms with Crippen molar-refractivity contribution in [1.82, 2.24) is 0 Å². The van der Waals surface area contributed by atoms with Gasteiger partial charge in [0.1, 0.15) is 5.82 Å². The fourth-order valence-corrected chi connectivity index (χ4v) is 2.04. The molecule has 0 unspecified atom stereocenters. The molecule has 1 rings (SSSR count). The molecule has 0 atom stereocenters. The Kier molecular flexibility index (Phi) is 7.70. The molecule has 0 spiro atoms. The van der Waals surface area contributed by atoms with Crippen LogP contribution in [0.4, 0.5) is 4.39 Å². The van der Waals surface area contributed by atoms with E-state index in [0.717, 1.165) is 12.8 Å². The molecular weight excluding hydrogens is 211 g/mol. The molecule has 0 amide bonds. The van der Waals surface area contributed by atoms with E-state index in [1.54, 1.807) is 12.1 Å².